The number of aryl methyl sites for hydroxylation is 1. The average Bonchev–Trinajstić information content (AvgIpc) is 3.07. The third-order valence-corrected chi connectivity index (χ3v) is 4.78. The molecule has 160 valence electrons. The predicted molar refractivity (Wildman–Crippen MR) is 111 cm³/mol. The molecule has 0 bridgehead atoms. The van der Waals surface area contributed by atoms with Crippen LogP contribution in [0.3, 0.4) is 0 Å². The summed E-state index contributed by atoms with van der Waals surface area (Å²) >= 11 is 0. The first-order chi connectivity index (χ1) is 14.8. The SMILES string of the molecule is CCOc1nc(Cc2cccc(C(F)(F)F)c2)nc(Cc2ccc3[nH]c(C)cc3c2)n1. The van der Waals surface area contributed by atoms with E-state index in [1.54, 1.807) is 6.07 Å². The molecular formula is C23H21F3N4O. The number of aromatic amines is 1. The van der Waals surface area contributed by atoms with E-state index in [4.69, 9.17) is 4.74 Å². The number of alkyl halides is 3. The lowest BCUT2D eigenvalue weighted by atomic mass is 10.1. The summed E-state index contributed by atoms with van der Waals surface area (Å²) in [4.78, 5) is 16.4. The summed E-state index contributed by atoms with van der Waals surface area (Å²) in [7, 11) is 0. The molecule has 5 nitrogen and oxygen atoms in total. The fourth-order valence-electron chi connectivity index (χ4n) is 3.46. The highest BCUT2D eigenvalue weighted by Crippen LogP contribution is 2.30. The van der Waals surface area contributed by atoms with Gasteiger partial charge in [0.25, 0.3) is 0 Å². The maximum absolute atomic E-state index is 13.0. The predicted octanol–water partition coefficient (Wildman–Crippen LogP) is 5.26. The van der Waals surface area contributed by atoms with Crippen molar-refractivity contribution in [3.05, 3.63) is 82.6 Å². The summed E-state index contributed by atoms with van der Waals surface area (Å²) in [5, 5.41) is 1.10. The van der Waals surface area contributed by atoms with Gasteiger partial charge in [0, 0.05) is 24.1 Å². The summed E-state index contributed by atoms with van der Waals surface area (Å²) in [6.45, 7) is 4.19. The molecule has 0 radical (unpaired) electrons. The Morgan fingerprint density at radius 2 is 1.61 bits per heavy atom. The number of nitrogens with zero attached hydrogens (tertiary/aromatic N) is 3. The Labute approximate surface area is 177 Å². The van der Waals surface area contributed by atoms with Crippen molar-refractivity contribution in [3.8, 4) is 6.01 Å². The minimum Gasteiger partial charge on any atom is -0.464 e. The molecule has 0 aliphatic heterocycles. The number of hydrogen-bond donors (Lipinski definition) is 1. The number of rotatable bonds is 6. The molecule has 4 rings (SSSR count). The van der Waals surface area contributed by atoms with Crippen LogP contribution >= 0.6 is 0 Å². The van der Waals surface area contributed by atoms with Crippen molar-refractivity contribution in [2.24, 2.45) is 0 Å². The molecule has 0 saturated carbocycles. The second-order valence-corrected chi connectivity index (χ2v) is 7.31. The zero-order chi connectivity index (χ0) is 22.0. The van der Waals surface area contributed by atoms with E-state index in [-0.39, 0.29) is 12.4 Å². The van der Waals surface area contributed by atoms with Crippen LogP contribution in [0, 0.1) is 6.92 Å². The third-order valence-electron chi connectivity index (χ3n) is 4.78. The number of benzene rings is 2. The van der Waals surface area contributed by atoms with Crippen molar-refractivity contribution in [2.45, 2.75) is 32.9 Å². The highest BCUT2D eigenvalue weighted by atomic mass is 19.4. The van der Waals surface area contributed by atoms with E-state index in [1.807, 2.05) is 26.0 Å². The van der Waals surface area contributed by atoms with Crippen LogP contribution in [0.15, 0.2) is 48.5 Å². The minimum absolute atomic E-state index is 0.148. The van der Waals surface area contributed by atoms with Crippen molar-refractivity contribution in [2.75, 3.05) is 6.61 Å². The molecule has 0 spiro atoms. The summed E-state index contributed by atoms with van der Waals surface area (Å²) in [5.74, 6) is 0.873. The molecule has 4 aromatic rings. The van der Waals surface area contributed by atoms with Crippen LogP contribution in [-0.2, 0) is 19.0 Å². The van der Waals surface area contributed by atoms with Crippen LogP contribution in [0.1, 0.15) is 41.0 Å². The summed E-state index contributed by atoms with van der Waals surface area (Å²) < 4.78 is 44.5. The van der Waals surface area contributed by atoms with E-state index in [0.717, 1.165) is 34.3 Å². The Balaban J connectivity index is 1.62. The maximum atomic E-state index is 13.0. The van der Waals surface area contributed by atoms with Crippen LogP contribution < -0.4 is 4.74 Å². The molecule has 0 fully saturated rings. The van der Waals surface area contributed by atoms with Gasteiger partial charge in [0.1, 0.15) is 11.6 Å². The lowest BCUT2D eigenvalue weighted by molar-refractivity contribution is -0.137. The zero-order valence-corrected chi connectivity index (χ0v) is 17.1. The topological polar surface area (TPSA) is 63.7 Å². The van der Waals surface area contributed by atoms with Gasteiger partial charge in [0.05, 0.1) is 12.2 Å². The molecule has 0 saturated heterocycles. The van der Waals surface area contributed by atoms with Crippen molar-refractivity contribution < 1.29 is 17.9 Å². The fraction of sp³-hybridized carbons (Fsp3) is 0.261. The van der Waals surface area contributed by atoms with Crippen LogP contribution in [-0.4, -0.2) is 26.5 Å². The van der Waals surface area contributed by atoms with E-state index < -0.39 is 11.7 Å². The maximum Gasteiger partial charge on any atom is 0.416 e. The monoisotopic (exact) mass is 426 g/mol. The molecule has 8 heteroatoms. The number of hydrogen-bond acceptors (Lipinski definition) is 4. The van der Waals surface area contributed by atoms with E-state index in [0.29, 0.717) is 30.2 Å². The fourth-order valence-corrected chi connectivity index (χ4v) is 3.46. The molecule has 0 aliphatic rings. The molecule has 0 aliphatic carbocycles. The minimum atomic E-state index is -4.40. The van der Waals surface area contributed by atoms with Gasteiger partial charge >= 0.3 is 12.2 Å². The molecule has 2 heterocycles. The summed E-state index contributed by atoms with van der Waals surface area (Å²) in [6, 6.07) is 13.5. The smallest absolute Gasteiger partial charge is 0.416 e. The lowest BCUT2D eigenvalue weighted by Crippen LogP contribution is -2.09. The van der Waals surface area contributed by atoms with Gasteiger partial charge in [-0.05, 0) is 54.6 Å². The Morgan fingerprint density at radius 3 is 2.29 bits per heavy atom. The van der Waals surface area contributed by atoms with Gasteiger partial charge in [-0.15, -0.1) is 0 Å². The summed E-state index contributed by atoms with van der Waals surface area (Å²) in [5.41, 5.74) is 2.93. The third kappa shape index (κ3) is 5.02. The van der Waals surface area contributed by atoms with E-state index in [2.05, 4.69) is 32.1 Å². The molecule has 2 aromatic carbocycles. The van der Waals surface area contributed by atoms with Gasteiger partial charge in [0.2, 0.25) is 0 Å². The van der Waals surface area contributed by atoms with E-state index >= 15 is 0 Å². The first kappa shape index (κ1) is 20.8. The highest BCUT2D eigenvalue weighted by Gasteiger charge is 2.30. The Bertz CT molecular complexity index is 1220. The normalized spacial score (nSPS) is 11.8. The van der Waals surface area contributed by atoms with Crippen LogP contribution in [0.25, 0.3) is 10.9 Å². The second-order valence-electron chi connectivity index (χ2n) is 7.31. The van der Waals surface area contributed by atoms with Crippen molar-refractivity contribution in [3.63, 3.8) is 0 Å². The van der Waals surface area contributed by atoms with Crippen LogP contribution in [0.5, 0.6) is 6.01 Å². The second kappa shape index (κ2) is 8.37. The van der Waals surface area contributed by atoms with Gasteiger partial charge in [0.15, 0.2) is 0 Å². The van der Waals surface area contributed by atoms with Gasteiger partial charge in [-0.2, -0.15) is 23.1 Å². The van der Waals surface area contributed by atoms with Gasteiger partial charge < -0.3 is 9.72 Å². The quantitative estimate of drug-likeness (QED) is 0.457. The zero-order valence-electron chi connectivity index (χ0n) is 17.1. The first-order valence-corrected chi connectivity index (χ1v) is 9.91. The van der Waals surface area contributed by atoms with Gasteiger partial charge in [-0.1, -0.05) is 24.3 Å². The molecule has 0 unspecified atom stereocenters. The Hall–Kier alpha value is -3.42. The molecule has 31 heavy (non-hydrogen) atoms. The van der Waals surface area contributed by atoms with E-state index in [1.165, 1.54) is 6.07 Å². The number of nitrogens with one attached hydrogen (secondary N) is 1. The van der Waals surface area contributed by atoms with Crippen molar-refractivity contribution >= 4 is 10.9 Å². The molecule has 1 N–H and O–H groups in total. The number of ether oxygens (including phenoxy) is 1. The number of halogens is 3. The molecule has 0 atom stereocenters. The number of aromatic nitrogens is 4. The highest BCUT2D eigenvalue weighted by molar-refractivity contribution is 5.81. The van der Waals surface area contributed by atoms with Crippen LogP contribution in [0.4, 0.5) is 13.2 Å². The van der Waals surface area contributed by atoms with Crippen molar-refractivity contribution in [1.82, 2.24) is 19.9 Å². The molecule has 0 amide bonds. The van der Waals surface area contributed by atoms with Crippen molar-refractivity contribution in [1.29, 1.82) is 0 Å². The van der Waals surface area contributed by atoms with Gasteiger partial charge in [-0.3, -0.25) is 0 Å². The van der Waals surface area contributed by atoms with Crippen LogP contribution in [0.2, 0.25) is 0 Å². The lowest BCUT2D eigenvalue weighted by Gasteiger charge is -2.10. The molecular weight excluding hydrogens is 405 g/mol. The van der Waals surface area contributed by atoms with E-state index in [9.17, 15) is 13.2 Å². The number of fused-ring (bicyclic) bond motifs is 1. The first-order valence-electron chi connectivity index (χ1n) is 9.91. The summed E-state index contributed by atoms with van der Waals surface area (Å²) in [6.07, 6.45) is -3.79. The number of H-pyrrole nitrogens is 1. The van der Waals surface area contributed by atoms with Gasteiger partial charge in [-0.25, -0.2) is 4.98 Å². The molecule has 2 aromatic heterocycles. The Kier molecular flexibility index (Phi) is 5.63. The average molecular weight is 426 g/mol. The standard InChI is InChI=1S/C23H21F3N4O/c1-3-31-22-29-20(12-15-5-4-6-18(11-15)23(24,25)26)28-21(30-22)13-16-7-8-19-17(10-16)9-14(2)27-19/h4-11,27H,3,12-13H2,1-2H3. The largest absolute Gasteiger partial charge is 0.464 e. The Morgan fingerprint density at radius 1 is 0.903 bits per heavy atom.